The predicted molar refractivity (Wildman–Crippen MR) is 64.3 cm³/mol. The Morgan fingerprint density at radius 2 is 2.07 bits per heavy atom. The maximum Gasteiger partial charge on any atom is 0.0444 e. The van der Waals surface area contributed by atoms with Gasteiger partial charge in [-0.1, -0.05) is 30.3 Å². The van der Waals surface area contributed by atoms with E-state index in [4.69, 9.17) is 5.73 Å². The van der Waals surface area contributed by atoms with Crippen molar-refractivity contribution in [3.8, 4) is 11.8 Å². The van der Waals surface area contributed by atoms with Crippen molar-refractivity contribution >= 4 is 0 Å². The van der Waals surface area contributed by atoms with Gasteiger partial charge in [0.2, 0.25) is 0 Å². The summed E-state index contributed by atoms with van der Waals surface area (Å²) < 4.78 is 0. The molecule has 0 radical (unpaired) electrons. The van der Waals surface area contributed by atoms with Crippen molar-refractivity contribution in [3.63, 3.8) is 0 Å². The van der Waals surface area contributed by atoms with E-state index in [9.17, 15) is 0 Å². The SMILES string of the molecule is CC#CCCNC(CN)c1ccccc1. The second kappa shape index (κ2) is 7.05. The highest BCUT2D eigenvalue weighted by molar-refractivity contribution is 5.19. The molecule has 1 aromatic rings. The quantitative estimate of drug-likeness (QED) is 0.563. The molecule has 0 bridgehead atoms. The number of nitrogens with two attached hydrogens (primary N) is 1. The average molecular weight is 202 g/mol. The number of hydrogen-bond acceptors (Lipinski definition) is 2. The smallest absolute Gasteiger partial charge is 0.0444 e. The van der Waals surface area contributed by atoms with Crippen molar-refractivity contribution in [2.45, 2.75) is 19.4 Å². The summed E-state index contributed by atoms with van der Waals surface area (Å²) in [6.45, 7) is 3.36. The van der Waals surface area contributed by atoms with Gasteiger partial charge in [-0.3, -0.25) is 0 Å². The Hall–Kier alpha value is -1.30. The molecule has 0 aromatic heterocycles. The Balaban J connectivity index is 2.45. The highest BCUT2D eigenvalue weighted by atomic mass is 14.9. The lowest BCUT2D eigenvalue weighted by Gasteiger charge is -2.16. The first-order chi connectivity index (χ1) is 7.38. The zero-order valence-corrected chi connectivity index (χ0v) is 9.16. The molecule has 0 aliphatic carbocycles. The summed E-state index contributed by atoms with van der Waals surface area (Å²) >= 11 is 0. The molecule has 15 heavy (non-hydrogen) atoms. The maximum absolute atomic E-state index is 5.72. The van der Waals surface area contributed by atoms with Crippen LogP contribution in [0.15, 0.2) is 30.3 Å². The molecule has 2 nitrogen and oxygen atoms in total. The fourth-order valence-corrected chi connectivity index (χ4v) is 1.46. The van der Waals surface area contributed by atoms with Crippen LogP contribution in [-0.4, -0.2) is 13.1 Å². The zero-order valence-electron chi connectivity index (χ0n) is 9.16. The maximum atomic E-state index is 5.72. The van der Waals surface area contributed by atoms with Gasteiger partial charge in [0.15, 0.2) is 0 Å². The predicted octanol–water partition coefficient (Wildman–Crippen LogP) is 1.69. The average Bonchev–Trinajstić information content (AvgIpc) is 2.30. The van der Waals surface area contributed by atoms with Crippen molar-refractivity contribution in [2.75, 3.05) is 13.1 Å². The number of hydrogen-bond donors (Lipinski definition) is 2. The van der Waals surface area contributed by atoms with E-state index in [1.807, 2.05) is 25.1 Å². The minimum atomic E-state index is 0.241. The summed E-state index contributed by atoms with van der Waals surface area (Å²) in [4.78, 5) is 0. The first-order valence-electron chi connectivity index (χ1n) is 5.26. The Labute approximate surface area is 91.9 Å². The van der Waals surface area contributed by atoms with Gasteiger partial charge in [-0.25, -0.2) is 0 Å². The van der Waals surface area contributed by atoms with Crippen LogP contribution in [-0.2, 0) is 0 Å². The molecule has 0 aliphatic heterocycles. The van der Waals surface area contributed by atoms with Crippen molar-refractivity contribution in [2.24, 2.45) is 5.73 Å². The molecule has 0 aliphatic rings. The number of nitrogens with one attached hydrogen (secondary N) is 1. The van der Waals surface area contributed by atoms with Crippen molar-refractivity contribution < 1.29 is 0 Å². The third-order valence-corrected chi connectivity index (χ3v) is 2.26. The molecule has 0 spiro atoms. The summed E-state index contributed by atoms with van der Waals surface area (Å²) in [5.41, 5.74) is 6.96. The standard InChI is InChI=1S/C13H18N2/c1-2-3-7-10-15-13(11-14)12-8-5-4-6-9-12/h4-6,8-9,13,15H,7,10-11,14H2,1H3. The van der Waals surface area contributed by atoms with Crippen LogP contribution in [0.5, 0.6) is 0 Å². The van der Waals surface area contributed by atoms with Gasteiger partial charge >= 0.3 is 0 Å². The van der Waals surface area contributed by atoms with Crippen LogP contribution in [0.4, 0.5) is 0 Å². The molecule has 1 atom stereocenters. The Morgan fingerprint density at radius 1 is 1.33 bits per heavy atom. The van der Waals surface area contributed by atoms with E-state index < -0.39 is 0 Å². The molecular weight excluding hydrogens is 184 g/mol. The van der Waals surface area contributed by atoms with E-state index in [0.29, 0.717) is 6.54 Å². The van der Waals surface area contributed by atoms with Crippen LogP contribution >= 0.6 is 0 Å². The van der Waals surface area contributed by atoms with Crippen LogP contribution in [0.25, 0.3) is 0 Å². The molecule has 0 fully saturated rings. The van der Waals surface area contributed by atoms with Crippen LogP contribution in [0.3, 0.4) is 0 Å². The van der Waals surface area contributed by atoms with E-state index in [-0.39, 0.29) is 6.04 Å². The monoisotopic (exact) mass is 202 g/mol. The first-order valence-corrected chi connectivity index (χ1v) is 5.26. The summed E-state index contributed by atoms with van der Waals surface area (Å²) in [5.74, 6) is 5.90. The normalized spacial score (nSPS) is 11.6. The van der Waals surface area contributed by atoms with Crippen molar-refractivity contribution in [1.82, 2.24) is 5.32 Å². The molecule has 1 unspecified atom stereocenters. The zero-order chi connectivity index (χ0) is 10.9. The molecule has 0 amide bonds. The fourth-order valence-electron chi connectivity index (χ4n) is 1.46. The third kappa shape index (κ3) is 4.16. The summed E-state index contributed by atoms with van der Waals surface area (Å²) in [6.07, 6.45) is 0.875. The van der Waals surface area contributed by atoms with E-state index in [2.05, 4.69) is 29.3 Å². The molecule has 0 heterocycles. The first kappa shape index (κ1) is 11.8. The van der Waals surface area contributed by atoms with Crippen molar-refractivity contribution in [1.29, 1.82) is 0 Å². The molecular formula is C13H18N2. The Kier molecular flexibility index (Phi) is 5.54. The summed E-state index contributed by atoms with van der Waals surface area (Å²) in [6, 6.07) is 10.5. The van der Waals surface area contributed by atoms with Crippen LogP contribution in [0, 0.1) is 11.8 Å². The molecule has 80 valence electrons. The minimum Gasteiger partial charge on any atom is -0.329 e. The van der Waals surface area contributed by atoms with E-state index >= 15 is 0 Å². The van der Waals surface area contributed by atoms with Gasteiger partial charge < -0.3 is 11.1 Å². The van der Waals surface area contributed by atoms with Gasteiger partial charge in [-0.2, -0.15) is 0 Å². The second-order valence-electron chi connectivity index (χ2n) is 3.33. The van der Waals surface area contributed by atoms with Gasteiger partial charge in [-0.05, 0) is 12.5 Å². The van der Waals surface area contributed by atoms with Gasteiger partial charge in [-0.15, -0.1) is 11.8 Å². The number of rotatable bonds is 5. The van der Waals surface area contributed by atoms with Crippen molar-refractivity contribution in [3.05, 3.63) is 35.9 Å². The fraction of sp³-hybridized carbons (Fsp3) is 0.385. The molecule has 1 rings (SSSR count). The van der Waals surface area contributed by atoms with Gasteiger partial charge in [0, 0.05) is 25.6 Å². The molecule has 0 saturated heterocycles. The minimum absolute atomic E-state index is 0.241. The molecule has 3 N–H and O–H groups in total. The Morgan fingerprint density at radius 3 is 2.67 bits per heavy atom. The lowest BCUT2D eigenvalue weighted by molar-refractivity contribution is 0.550. The molecule has 0 saturated carbocycles. The topological polar surface area (TPSA) is 38.0 Å². The van der Waals surface area contributed by atoms with Gasteiger partial charge in [0.1, 0.15) is 0 Å². The highest BCUT2D eigenvalue weighted by Gasteiger charge is 2.06. The molecule has 2 heteroatoms. The van der Waals surface area contributed by atoms with Crippen LogP contribution in [0.2, 0.25) is 0 Å². The van der Waals surface area contributed by atoms with Crippen LogP contribution in [0.1, 0.15) is 24.9 Å². The van der Waals surface area contributed by atoms with Gasteiger partial charge in [0.05, 0.1) is 0 Å². The lowest BCUT2D eigenvalue weighted by Crippen LogP contribution is -2.28. The van der Waals surface area contributed by atoms with Gasteiger partial charge in [0.25, 0.3) is 0 Å². The lowest BCUT2D eigenvalue weighted by atomic mass is 10.1. The Bertz CT molecular complexity index is 321. The molecule has 1 aromatic carbocycles. The van der Waals surface area contributed by atoms with Crippen LogP contribution < -0.4 is 11.1 Å². The highest BCUT2D eigenvalue weighted by Crippen LogP contribution is 2.10. The number of benzene rings is 1. The largest absolute Gasteiger partial charge is 0.329 e. The summed E-state index contributed by atoms with van der Waals surface area (Å²) in [7, 11) is 0. The van der Waals surface area contributed by atoms with E-state index in [0.717, 1.165) is 13.0 Å². The third-order valence-electron chi connectivity index (χ3n) is 2.26. The van der Waals surface area contributed by atoms with E-state index in [1.165, 1.54) is 5.56 Å². The van der Waals surface area contributed by atoms with E-state index in [1.54, 1.807) is 0 Å². The summed E-state index contributed by atoms with van der Waals surface area (Å²) in [5, 5.41) is 3.39. The second-order valence-corrected chi connectivity index (χ2v) is 3.33.